The summed E-state index contributed by atoms with van der Waals surface area (Å²) in [6.45, 7) is 47.8. The van der Waals surface area contributed by atoms with E-state index in [4.69, 9.17) is 13.7 Å². The zero-order valence-corrected chi connectivity index (χ0v) is 78.4. The second-order valence-electron chi connectivity index (χ2n) is 42.2. The lowest BCUT2D eigenvalue weighted by Crippen LogP contribution is -2.16. The fourth-order valence-corrected chi connectivity index (χ4v) is 19.9. The first kappa shape index (κ1) is 73.6. The van der Waals surface area contributed by atoms with Crippen molar-refractivity contribution in [1.82, 2.24) is 22.8 Å². The second-order valence-corrected chi connectivity index (χ2v) is 42.2. The molecule has 5 heteroatoms. The van der Waals surface area contributed by atoms with Gasteiger partial charge < -0.3 is 22.8 Å². The van der Waals surface area contributed by atoms with E-state index >= 15 is 0 Å². The Balaban J connectivity index is 0.000000136. The standard InChI is InChI=1S/C48H48N2.C40H32N2.C36H41N/c1-46(2,3)32-23-25-38-36(29-32)37-30-33(47(4,5)6)24-26-39(37)50(38)42-28-27-41-44(45(42)48(7,8)9)43-35(31-17-12-10-13-18-31)21-16-22-40(43)49(41)34-19-14-11-15-20-34;1-40(2,3)39-36(42-32-22-12-10-19-30(32)31-20-11-13-23-33(31)42)26-25-35-38(39)37-29(27-15-6-4-7-16-27)21-14-24-34(37)41(35)28-17-8-5-9-18-28;1-34(2,3)25-21-24(22-26(23-25)35(4,5)6)28-17-13-19-30-32(28)33-29(36(7,8)9)18-14-20-31(33)37(30)27-15-11-10-12-16-27/h10-30H,1-9H3;4-26H,1-3H3;10-23H,1-9H3/i10D,12D,13D,17D,18D;4D,6D,7D,15D,16D;. The first-order chi connectivity index (χ1) is 65.7. The second kappa shape index (κ2) is 31.8. The molecule has 21 aromatic rings. The third-order valence-corrected chi connectivity index (χ3v) is 26.1. The van der Waals surface area contributed by atoms with Crippen molar-refractivity contribution in [2.75, 3.05) is 0 Å². The summed E-state index contributed by atoms with van der Waals surface area (Å²) in [5.74, 6) is 0. The third kappa shape index (κ3) is 15.0. The van der Waals surface area contributed by atoms with Gasteiger partial charge in [0.05, 0.1) is 80.2 Å². The van der Waals surface area contributed by atoms with Gasteiger partial charge in [0.25, 0.3) is 0 Å². The molecule has 5 aromatic heterocycles. The molecular weight excluding hydrogens is 1560 g/mol. The molecule has 0 aliphatic heterocycles. The summed E-state index contributed by atoms with van der Waals surface area (Å²) in [5, 5.41) is 11.2. The van der Waals surface area contributed by atoms with Crippen LogP contribution < -0.4 is 0 Å². The highest BCUT2D eigenvalue weighted by molar-refractivity contribution is 6.22. The molecule has 0 atom stereocenters. The minimum Gasteiger partial charge on any atom is -0.309 e. The average molecular weight is 1690 g/mol. The molecule has 0 saturated heterocycles. The minimum absolute atomic E-state index is 0.0201. The van der Waals surface area contributed by atoms with Crippen LogP contribution in [0.1, 0.15) is 198 Å². The van der Waals surface area contributed by atoms with Crippen LogP contribution in [0.4, 0.5) is 0 Å². The van der Waals surface area contributed by atoms with Crippen LogP contribution in [0.5, 0.6) is 0 Å². The molecule has 129 heavy (non-hydrogen) atoms. The quantitative estimate of drug-likeness (QED) is 0.145. The molecule has 5 heterocycles. The van der Waals surface area contributed by atoms with Crippen molar-refractivity contribution in [3.63, 3.8) is 0 Å². The van der Waals surface area contributed by atoms with Crippen LogP contribution in [0, 0.1) is 0 Å². The monoisotopic (exact) mass is 1690 g/mol. The van der Waals surface area contributed by atoms with Gasteiger partial charge in [-0.15, -0.1) is 0 Å². The molecule has 0 amide bonds. The van der Waals surface area contributed by atoms with E-state index in [9.17, 15) is 0 Å². The molecule has 0 aliphatic carbocycles. The molecule has 642 valence electrons. The van der Waals surface area contributed by atoms with Gasteiger partial charge in [-0.1, -0.05) is 376 Å². The Bertz CT molecular complexity index is 8350. The van der Waals surface area contributed by atoms with Gasteiger partial charge in [-0.05, 0) is 232 Å². The Morgan fingerprint density at radius 1 is 0.194 bits per heavy atom. The van der Waals surface area contributed by atoms with Crippen molar-refractivity contribution >= 4 is 109 Å². The van der Waals surface area contributed by atoms with Gasteiger partial charge in [0.1, 0.15) is 0 Å². The third-order valence-electron chi connectivity index (χ3n) is 26.1. The van der Waals surface area contributed by atoms with Crippen LogP contribution in [-0.4, -0.2) is 22.8 Å². The highest BCUT2D eigenvalue weighted by Crippen LogP contribution is 2.52. The van der Waals surface area contributed by atoms with E-state index in [1.165, 1.54) is 88.0 Å². The van der Waals surface area contributed by atoms with Crippen molar-refractivity contribution in [3.8, 4) is 61.8 Å². The van der Waals surface area contributed by atoms with E-state index < -0.39 is 17.5 Å². The molecule has 0 aliphatic rings. The Morgan fingerprint density at radius 2 is 0.488 bits per heavy atom. The zero-order chi connectivity index (χ0) is 99.0. The van der Waals surface area contributed by atoms with Crippen LogP contribution in [0.15, 0.2) is 352 Å². The number of fused-ring (bicyclic) bond motifs is 15. The van der Waals surface area contributed by atoms with Gasteiger partial charge in [-0.25, -0.2) is 0 Å². The number of hydrogen-bond donors (Lipinski definition) is 0. The van der Waals surface area contributed by atoms with E-state index in [2.05, 4.69) is 399 Å². The summed E-state index contributed by atoms with van der Waals surface area (Å²) in [5.41, 5.74) is 28.6. The van der Waals surface area contributed by atoms with E-state index in [0.29, 0.717) is 11.1 Å². The van der Waals surface area contributed by atoms with Crippen LogP contribution in [0.2, 0.25) is 0 Å². The van der Waals surface area contributed by atoms with Crippen LogP contribution in [0.25, 0.3) is 171 Å². The Hall–Kier alpha value is -13.5. The van der Waals surface area contributed by atoms with Crippen LogP contribution in [0.3, 0.4) is 0 Å². The first-order valence-electron chi connectivity index (χ1n) is 50.5. The molecule has 0 spiro atoms. The van der Waals surface area contributed by atoms with Gasteiger partial charge in [0.15, 0.2) is 0 Å². The van der Waals surface area contributed by atoms with E-state index in [0.717, 1.165) is 99.6 Å². The lowest BCUT2D eigenvalue weighted by Gasteiger charge is -2.26. The predicted molar refractivity (Wildman–Crippen MR) is 558 cm³/mol. The summed E-state index contributed by atoms with van der Waals surface area (Å²) in [6, 6.07) is 101. The maximum atomic E-state index is 9.08. The topological polar surface area (TPSA) is 24.6 Å². The molecule has 0 N–H and O–H groups in total. The number of nitrogens with zero attached hydrogens (tertiary/aromatic N) is 5. The Labute approximate surface area is 776 Å². The highest BCUT2D eigenvalue weighted by atomic mass is 15.0. The first-order valence-corrected chi connectivity index (χ1v) is 45.5. The predicted octanol–water partition coefficient (Wildman–Crippen LogP) is 34.6. The summed E-state index contributed by atoms with van der Waals surface area (Å²) < 4.78 is 98.6. The Kier molecular flexibility index (Phi) is 18.1. The summed E-state index contributed by atoms with van der Waals surface area (Å²) >= 11 is 0. The summed E-state index contributed by atoms with van der Waals surface area (Å²) in [7, 11) is 0. The van der Waals surface area contributed by atoms with Gasteiger partial charge in [0, 0.05) is 70.9 Å². The van der Waals surface area contributed by atoms with Crippen molar-refractivity contribution in [2.45, 2.75) is 183 Å². The van der Waals surface area contributed by atoms with E-state index in [1.807, 2.05) is 60.7 Å². The molecule has 0 saturated carbocycles. The number of benzene rings is 16. The minimum atomic E-state index is -0.397. The summed E-state index contributed by atoms with van der Waals surface area (Å²) in [4.78, 5) is 0. The van der Waals surface area contributed by atoms with Crippen molar-refractivity contribution in [1.29, 1.82) is 0 Å². The van der Waals surface area contributed by atoms with Gasteiger partial charge in [0.2, 0.25) is 0 Å². The lowest BCUT2D eigenvalue weighted by molar-refractivity contribution is 0.569. The normalized spacial score (nSPS) is 13.8. The molecule has 21 rings (SSSR count). The smallest absolute Gasteiger partial charge is 0.0629 e. The number of rotatable bonds is 8. The lowest BCUT2D eigenvalue weighted by atomic mass is 9.78. The fourth-order valence-electron chi connectivity index (χ4n) is 19.9. The van der Waals surface area contributed by atoms with E-state index in [1.54, 1.807) is 0 Å². The van der Waals surface area contributed by atoms with Gasteiger partial charge >= 0.3 is 0 Å². The fraction of sp³-hybridized carbons (Fsp3) is 0.226. The van der Waals surface area contributed by atoms with Crippen molar-refractivity contribution < 1.29 is 13.7 Å². The largest absolute Gasteiger partial charge is 0.309 e. The molecule has 16 aromatic carbocycles. The van der Waals surface area contributed by atoms with Crippen LogP contribution >= 0.6 is 0 Å². The molecule has 0 fully saturated rings. The zero-order valence-electron chi connectivity index (χ0n) is 88.4. The van der Waals surface area contributed by atoms with E-state index in [-0.39, 0.29) is 92.0 Å². The molecule has 0 radical (unpaired) electrons. The molecule has 0 bridgehead atoms. The molecular formula is C124H121N5. The highest BCUT2D eigenvalue weighted by Gasteiger charge is 2.34. The molecule has 5 nitrogen and oxygen atoms in total. The number of hydrogen-bond acceptors (Lipinski definition) is 0. The average Bonchev–Trinajstić information content (AvgIpc) is 1.54. The summed E-state index contributed by atoms with van der Waals surface area (Å²) in [6.07, 6.45) is 0. The SMILES string of the molecule is CC(C)(C)c1cc(-c2cccc3c2c2c(C(C)(C)C)cccc2n3-c2ccccc2)cc(C(C)(C)C)c1.[2H]c1c([2H])c([2H])c(-c2cccc3c2c2c(C(C)(C)C)c(-n4c5ccc(C(C)(C)C)cc5c5cc(C(C)(C)C)ccc54)ccc2n3-c2ccccc2)c([2H])c1[2H].[2H]c1c([2H])c([2H])c(-c2cccc3c2c2c(C(C)(C)C)c(-n4c5ccccc5c5ccccc54)ccc2n3-c2ccccc2)c([2H])c1[2H]. The maximum Gasteiger partial charge on any atom is 0.0629 e. The van der Waals surface area contributed by atoms with Gasteiger partial charge in [-0.2, -0.15) is 0 Å². The number of para-hydroxylation sites is 5. The number of aromatic nitrogens is 5. The van der Waals surface area contributed by atoms with Crippen molar-refractivity contribution in [2.24, 2.45) is 0 Å². The maximum absolute atomic E-state index is 9.08. The Morgan fingerprint density at radius 3 is 0.837 bits per heavy atom. The van der Waals surface area contributed by atoms with Gasteiger partial charge in [-0.3, -0.25) is 0 Å². The van der Waals surface area contributed by atoms with Crippen LogP contribution in [-0.2, 0) is 37.9 Å². The molecule has 0 unspecified atom stereocenters. The van der Waals surface area contributed by atoms with Crippen molar-refractivity contribution in [3.05, 3.63) is 391 Å².